The van der Waals surface area contributed by atoms with Crippen LogP contribution in [0.4, 0.5) is 11.6 Å². The van der Waals surface area contributed by atoms with E-state index in [1.807, 2.05) is 24.3 Å². The molecule has 8 heteroatoms. The van der Waals surface area contributed by atoms with E-state index in [0.717, 1.165) is 12.3 Å². The van der Waals surface area contributed by atoms with Gasteiger partial charge in [0.15, 0.2) is 11.1 Å². The van der Waals surface area contributed by atoms with Gasteiger partial charge < -0.3 is 20.3 Å². The van der Waals surface area contributed by atoms with Gasteiger partial charge in [-0.1, -0.05) is 24.6 Å². The van der Waals surface area contributed by atoms with Gasteiger partial charge in [-0.15, -0.1) is 0 Å². The maximum absolute atomic E-state index is 11.1. The standard InChI is InChI=1S/C18H25N5O2S/c19-17-18(22-26(24)21-17)20-9-2-5-12-25-16-8-6-7-15(13-16)14-23-10-3-1-4-11-23/h2,5-8,13H,1,3-4,9-12,14H2,(H2,19,21)(H,20,22)/b5-2-. The van der Waals surface area contributed by atoms with E-state index in [9.17, 15) is 4.55 Å². The van der Waals surface area contributed by atoms with Gasteiger partial charge in [-0.25, -0.2) is 0 Å². The van der Waals surface area contributed by atoms with Crippen molar-refractivity contribution < 1.29 is 9.29 Å². The van der Waals surface area contributed by atoms with Crippen LogP contribution >= 0.6 is 11.1 Å². The van der Waals surface area contributed by atoms with Crippen LogP contribution in [0.15, 0.2) is 36.4 Å². The van der Waals surface area contributed by atoms with Gasteiger partial charge in [0.25, 0.3) is 0 Å². The second-order valence-corrected chi connectivity index (χ2v) is 7.12. The zero-order valence-electron chi connectivity index (χ0n) is 14.8. The summed E-state index contributed by atoms with van der Waals surface area (Å²) in [6, 6.07) is 8.28. The van der Waals surface area contributed by atoms with Crippen molar-refractivity contribution in [2.75, 3.05) is 37.3 Å². The third kappa shape index (κ3) is 5.69. The maximum Gasteiger partial charge on any atom is 0.232 e. The molecule has 1 fully saturated rings. The molecule has 0 saturated carbocycles. The molecule has 1 aromatic heterocycles. The minimum Gasteiger partial charge on any atom is -0.546 e. The fourth-order valence-electron chi connectivity index (χ4n) is 2.96. The van der Waals surface area contributed by atoms with Crippen molar-refractivity contribution in [1.29, 1.82) is 0 Å². The van der Waals surface area contributed by atoms with E-state index < -0.39 is 11.1 Å². The molecule has 2 heterocycles. The summed E-state index contributed by atoms with van der Waals surface area (Å²) in [5.74, 6) is 1.43. The summed E-state index contributed by atoms with van der Waals surface area (Å²) < 4.78 is 24.3. The van der Waals surface area contributed by atoms with Crippen molar-refractivity contribution in [3.63, 3.8) is 0 Å². The van der Waals surface area contributed by atoms with Crippen LogP contribution in [-0.4, -0.2) is 44.4 Å². The highest BCUT2D eigenvalue weighted by molar-refractivity contribution is 7.14. The molecule has 0 radical (unpaired) electrons. The van der Waals surface area contributed by atoms with E-state index in [-0.39, 0.29) is 5.82 Å². The molecule has 26 heavy (non-hydrogen) atoms. The molecular formula is C18H25N5O2S. The Bertz CT molecular complexity index is 728. The largest absolute Gasteiger partial charge is 0.546 e. The predicted molar refractivity (Wildman–Crippen MR) is 104 cm³/mol. The molecule has 7 nitrogen and oxygen atoms in total. The fraction of sp³-hybridized carbons (Fsp3) is 0.444. The summed E-state index contributed by atoms with van der Waals surface area (Å²) in [5.41, 5.74) is 6.87. The number of nitrogens with one attached hydrogen (secondary N) is 1. The Kier molecular flexibility index (Phi) is 6.82. The Morgan fingerprint density at radius 1 is 1.23 bits per heavy atom. The second-order valence-electron chi connectivity index (χ2n) is 6.29. The highest BCUT2D eigenvalue weighted by Crippen LogP contribution is 2.19. The lowest BCUT2D eigenvalue weighted by Gasteiger charge is -2.26. The Balaban J connectivity index is 1.40. The van der Waals surface area contributed by atoms with Crippen molar-refractivity contribution in [2.45, 2.75) is 25.8 Å². The van der Waals surface area contributed by atoms with Crippen LogP contribution in [-0.2, 0) is 6.54 Å². The van der Waals surface area contributed by atoms with Gasteiger partial charge in [-0.2, -0.15) is 0 Å². The highest BCUT2D eigenvalue weighted by atomic mass is 32.2. The number of anilines is 2. The Morgan fingerprint density at radius 3 is 2.85 bits per heavy atom. The first-order valence-electron chi connectivity index (χ1n) is 8.89. The van der Waals surface area contributed by atoms with Crippen molar-refractivity contribution in [3.05, 3.63) is 42.0 Å². The Morgan fingerprint density at radius 2 is 2.08 bits per heavy atom. The lowest BCUT2D eigenvalue weighted by molar-refractivity contribution is 0.220. The molecule has 0 aliphatic carbocycles. The summed E-state index contributed by atoms with van der Waals surface area (Å²) in [6.45, 7) is 4.37. The first kappa shape index (κ1) is 18.6. The molecule has 2 aromatic rings. The third-order valence-corrected chi connectivity index (χ3v) is 4.93. The number of hydrogen-bond acceptors (Lipinski definition) is 7. The second kappa shape index (κ2) is 9.51. The van der Waals surface area contributed by atoms with Crippen LogP contribution in [0.3, 0.4) is 0 Å². The average Bonchev–Trinajstić information content (AvgIpc) is 2.96. The number of piperidine rings is 1. The number of aromatic nitrogens is 2. The predicted octanol–water partition coefficient (Wildman–Crippen LogP) is 2.82. The smallest absolute Gasteiger partial charge is 0.232 e. The van der Waals surface area contributed by atoms with Gasteiger partial charge in [-0.3, -0.25) is 4.90 Å². The number of likely N-dealkylation sites (tertiary alicyclic amines) is 1. The van der Waals surface area contributed by atoms with Gasteiger partial charge in [-0.05, 0) is 49.7 Å². The third-order valence-electron chi connectivity index (χ3n) is 4.24. The van der Waals surface area contributed by atoms with Crippen LogP contribution in [0, 0.1) is 0 Å². The Hall–Kier alpha value is -2.16. The minimum atomic E-state index is -1.59. The zero-order valence-corrected chi connectivity index (χ0v) is 15.6. The molecule has 3 rings (SSSR count). The maximum atomic E-state index is 11.1. The van der Waals surface area contributed by atoms with Crippen LogP contribution in [0.2, 0.25) is 0 Å². The highest BCUT2D eigenvalue weighted by Gasteiger charge is 2.11. The summed E-state index contributed by atoms with van der Waals surface area (Å²) in [4.78, 5) is 2.50. The van der Waals surface area contributed by atoms with E-state index in [2.05, 4.69) is 31.1 Å². The first-order chi connectivity index (χ1) is 12.7. The number of nitrogens with zero attached hydrogens (tertiary/aromatic N) is 3. The number of hydrogen-bond donors (Lipinski definition) is 2. The molecule has 1 aliphatic heterocycles. The molecule has 3 N–H and O–H groups in total. The van der Waals surface area contributed by atoms with Crippen LogP contribution in [0.1, 0.15) is 24.8 Å². The normalized spacial score (nSPS) is 16.1. The summed E-state index contributed by atoms with van der Waals surface area (Å²) in [5, 5.41) is 2.97. The van der Waals surface area contributed by atoms with Gasteiger partial charge in [0.05, 0.1) is 0 Å². The minimum absolute atomic E-state index is 0.179. The molecular weight excluding hydrogens is 350 g/mol. The number of benzene rings is 1. The monoisotopic (exact) mass is 375 g/mol. The van der Waals surface area contributed by atoms with E-state index in [1.165, 1.54) is 37.9 Å². The van der Waals surface area contributed by atoms with E-state index in [1.54, 1.807) is 0 Å². The zero-order chi connectivity index (χ0) is 18.2. The van der Waals surface area contributed by atoms with E-state index >= 15 is 0 Å². The van der Waals surface area contributed by atoms with Crippen LogP contribution in [0.25, 0.3) is 0 Å². The first-order valence-corrected chi connectivity index (χ1v) is 9.95. The van der Waals surface area contributed by atoms with E-state index in [4.69, 9.17) is 10.5 Å². The number of rotatable bonds is 8. The van der Waals surface area contributed by atoms with Gasteiger partial charge in [0.1, 0.15) is 12.4 Å². The van der Waals surface area contributed by atoms with E-state index in [0.29, 0.717) is 19.0 Å². The van der Waals surface area contributed by atoms with Gasteiger partial charge in [0, 0.05) is 21.8 Å². The van der Waals surface area contributed by atoms with Crippen molar-refractivity contribution in [1.82, 2.24) is 13.6 Å². The topological polar surface area (TPSA) is 99.4 Å². The summed E-state index contributed by atoms with van der Waals surface area (Å²) >= 11 is -1.59. The van der Waals surface area contributed by atoms with Crippen molar-refractivity contribution >= 4 is 22.8 Å². The van der Waals surface area contributed by atoms with Gasteiger partial charge in [0.2, 0.25) is 11.6 Å². The number of nitrogens with two attached hydrogens (primary N) is 1. The summed E-state index contributed by atoms with van der Waals surface area (Å²) in [7, 11) is 0. The lowest BCUT2D eigenvalue weighted by atomic mass is 10.1. The molecule has 0 amide bonds. The molecule has 1 aliphatic rings. The number of ether oxygens (including phenoxy) is 1. The molecule has 0 bridgehead atoms. The van der Waals surface area contributed by atoms with Crippen LogP contribution < -0.4 is 15.8 Å². The van der Waals surface area contributed by atoms with Crippen molar-refractivity contribution in [3.8, 4) is 5.75 Å². The summed E-state index contributed by atoms with van der Waals surface area (Å²) in [6.07, 6.45) is 7.79. The number of nitrogen functional groups attached to an aromatic ring is 1. The quantitative estimate of drug-likeness (QED) is 0.540. The van der Waals surface area contributed by atoms with Crippen LogP contribution in [0.5, 0.6) is 5.75 Å². The Labute approximate surface area is 157 Å². The molecule has 1 saturated heterocycles. The fourth-order valence-corrected chi connectivity index (χ4v) is 3.57. The molecule has 1 unspecified atom stereocenters. The average molecular weight is 375 g/mol. The molecule has 1 aromatic carbocycles. The SMILES string of the molecule is Nc1n[s+]([O-])nc1NC/C=C\COc1cccc(CN2CCCCC2)c1. The molecule has 140 valence electrons. The van der Waals surface area contributed by atoms with Crippen molar-refractivity contribution in [2.24, 2.45) is 0 Å². The lowest BCUT2D eigenvalue weighted by Crippen LogP contribution is -2.29. The molecule has 1 atom stereocenters. The van der Waals surface area contributed by atoms with Gasteiger partial charge >= 0.3 is 0 Å². The molecule has 0 spiro atoms.